The first kappa shape index (κ1) is 16.2. The van der Waals surface area contributed by atoms with Crippen molar-refractivity contribution in [3.8, 4) is 0 Å². The monoisotopic (exact) mass is 264 g/mol. The van der Waals surface area contributed by atoms with Gasteiger partial charge in [0, 0.05) is 31.6 Å². The summed E-state index contributed by atoms with van der Waals surface area (Å²) in [6, 6.07) is 6.54. The third-order valence-corrected chi connectivity index (χ3v) is 3.63. The zero-order chi connectivity index (χ0) is 13.8. The lowest BCUT2D eigenvalue weighted by atomic mass is 10.1. The molecule has 0 aromatic carbocycles. The average molecular weight is 264 g/mol. The minimum Gasteiger partial charge on any atom is -0.396 e. The minimum atomic E-state index is 0.334. The summed E-state index contributed by atoms with van der Waals surface area (Å²) in [6.07, 6.45) is 13.3. The Kier molecular flexibility index (Phi) is 9.34. The summed E-state index contributed by atoms with van der Waals surface area (Å²) in [5, 5.41) is 8.76. The van der Waals surface area contributed by atoms with Crippen LogP contribution < -0.4 is 4.57 Å². The maximum atomic E-state index is 8.76. The summed E-state index contributed by atoms with van der Waals surface area (Å²) >= 11 is 0. The van der Waals surface area contributed by atoms with Gasteiger partial charge in [-0.3, -0.25) is 0 Å². The smallest absolute Gasteiger partial charge is 0.181 e. The van der Waals surface area contributed by atoms with E-state index in [1.54, 1.807) is 0 Å². The van der Waals surface area contributed by atoms with Gasteiger partial charge in [-0.05, 0) is 19.3 Å². The van der Waals surface area contributed by atoms with Gasteiger partial charge in [0.25, 0.3) is 0 Å². The molecule has 0 aliphatic carbocycles. The minimum absolute atomic E-state index is 0.334. The van der Waals surface area contributed by atoms with E-state index in [4.69, 9.17) is 5.11 Å². The number of unbranched alkanes of at least 4 members (excludes halogenated alkanes) is 6. The third-order valence-electron chi connectivity index (χ3n) is 3.63. The molecule has 0 radical (unpaired) electrons. The first-order valence-corrected chi connectivity index (χ1v) is 7.96. The summed E-state index contributed by atoms with van der Waals surface area (Å²) < 4.78 is 2.41. The highest BCUT2D eigenvalue weighted by molar-refractivity contribution is 4.97. The van der Waals surface area contributed by atoms with Crippen LogP contribution in [0.1, 0.15) is 64.0 Å². The Morgan fingerprint density at radius 1 is 0.947 bits per heavy atom. The Morgan fingerprint density at radius 3 is 2.53 bits per heavy atom. The molecular weight excluding hydrogens is 234 g/mol. The van der Waals surface area contributed by atoms with E-state index in [-0.39, 0.29) is 0 Å². The molecule has 1 aromatic heterocycles. The Labute approximate surface area is 118 Å². The van der Waals surface area contributed by atoms with Crippen LogP contribution in [-0.4, -0.2) is 11.7 Å². The van der Waals surface area contributed by atoms with Crippen molar-refractivity contribution in [2.45, 2.75) is 71.3 Å². The van der Waals surface area contributed by atoms with Gasteiger partial charge in [-0.25, -0.2) is 4.57 Å². The highest BCUT2D eigenvalue weighted by atomic mass is 16.2. The molecule has 0 saturated heterocycles. The van der Waals surface area contributed by atoms with Crippen LogP contribution in [0.5, 0.6) is 0 Å². The van der Waals surface area contributed by atoms with Crippen molar-refractivity contribution < 1.29 is 9.67 Å². The summed E-state index contributed by atoms with van der Waals surface area (Å²) in [4.78, 5) is 0. The van der Waals surface area contributed by atoms with Crippen LogP contribution in [0.2, 0.25) is 0 Å². The molecule has 2 nitrogen and oxygen atoms in total. The molecule has 0 aliphatic rings. The summed E-state index contributed by atoms with van der Waals surface area (Å²) in [6.45, 7) is 3.71. The van der Waals surface area contributed by atoms with Crippen molar-refractivity contribution >= 4 is 0 Å². The lowest BCUT2D eigenvalue weighted by Crippen LogP contribution is -2.37. The number of rotatable bonds is 11. The van der Waals surface area contributed by atoms with E-state index in [1.807, 2.05) is 0 Å². The van der Waals surface area contributed by atoms with Crippen LogP contribution in [0, 0.1) is 0 Å². The zero-order valence-corrected chi connectivity index (χ0v) is 12.5. The number of aryl methyl sites for hydroxylation is 2. The molecule has 1 aromatic rings. The maximum Gasteiger partial charge on any atom is 0.181 e. The topological polar surface area (TPSA) is 24.1 Å². The number of pyridine rings is 1. The van der Waals surface area contributed by atoms with Crippen molar-refractivity contribution in [1.29, 1.82) is 0 Å². The Balaban J connectivity index is 2.31. The highest BCUT2D eigenvalue weighted by Crippen LogP contribution is 2.05. The van der Waals surface area contributed by atoms with Gasteiger partial charge in [0.05, 0.1) is 0 Å². The Bertz CT molecular complexity index is 325. The van der Waals surface area contributed by atoms with E-state index in [0.717, 1.165) is 19.4 Å². The molecule has 0 fully saturated rings. The fraction of sp³-hybridized carbons (Fsp3) is 0.706. The predicted molar refractivity (Wildman–Crippen MR) is 80.0 cm³/mol. The second-order valence-corrected chi connectivity index (χ2v) is 5.33. The van der Waals surface area contributed by atoms with Crippen molar-refractivity contribution in [3.05, 3.63) is 30.1 Å². The normalized spacial score (nSPS) is 10.8. The van der Waals surface area contributed by atoms with Gasteiger partial charge in [-0.15, -0.1) is 0 Å². The first-order valence-electron chi connectivity index (χ1n) is 7.96. The fourth-order valence-electron chi connectivity index (χ4n) is 2.44. The third kappa shape index (κ3) is 7.31. The molecule has 19 heavy (non-hydrogen) atoms. The van der Waals surface area contributed by atoms with Gasteiger partial charge in [0.1, 0.15) is 6.54 Å². The fourth-order valence-corrected chi connectivity index (χ4v) is 2.44. The van der Waals surface area contributed by atoms with Crippen LogP contribution in [0.4, 0.5) is 0 Å². The van der Waals surface area contributed by atoms with Crippen molar-refractivity contribution in [1.82, 2.24) is 0 Å². The number of nitrogens with zero attached hydrogens (tertiary/aromatic N) is 1. The average Bonchev–Trinajstić information content (AvgIpc) is 2.45. The van der Waals surface area contributed by atoms with Gasteiger partial charge >= 0.3 is 0 Å². The van der Waals surface area contributed by atoms with Gasteiger partial charge in [0.15, 0.2) is 11.9 Å². The number of aromatic nitrogens is 1. The molecule has 0 bridgehead atoms. The van der Waals surface area contributed by atoms with Gasteiger partial charge in [-0.1, -0.05) is 38.7 Å². The number of aliphatic hydroxyl groups excluding tert-OH is 1. The van der Waals surface area contributed by atoms with Gasteiger partial charge in [-0.2, -0.15) is 0 Å². The maximum absolute atomic E-state index is 8.76. The first-order chi connectivity index (χ1) is 9.38. The van der Waals surface area contributed by atoms with Crippen LogP contribution in [0.3, 0.4) is 0 Å². The van der Waals surface area contributed by atoms with E-state index in [0.29, 0.717) is 6.61 Å². The number of hydrogen-bond donors (Lipinski definition) is 1. The standard InChI is InChI=1S/C17H30NO/c1-2-3-4-7-12-17-13-8-10-15-18(17)14-9-5-6-11-16-19/h8,10,13,15,19H,2-7,9,11-12,14,16H2,1H3/q+1. The quantitative estimate of drug-likeness (QED) is 0.479. The van der Waals surface area contributed by atoms with Crippen LogP contribution in [0.25, 0.3) is 0 Å². The molecule has 0 saturated carbocycles. The van der Waals surface area contributed by atoms with Crippen LogP contribution in [0.15, 0.2) is 24.4 Å². The number of aliphatic hydroxyl groups is 1. The van der Waals surface area contributed by atoms with Crippen LogP contribution in [-0.2, 0) is 13.0 Å². The second kappa shape index (κ2) is 11.0. The molecule has 0 amide bonds. The lowest BCUT2D eigenvalue weighted by molar-refractivity contribution is -0.704. The largest absolute Gasteiger partial charge is 0.396 e. The molecule has 0 spiro atoms. The predicted octanol–water partition coefficient (Wildman–Crippen LogP) is 3.65. The molecule has 0 atom stereocenters. The molecular formula is C17H30NO+. The van der Waals surface area contributed by atoms with Gasteiger partial charge in [0.2, 0.25) is 0 Å². The van der Waals surface area contributed by atoms with E-state index in [9.17, 15) is 0 Å². The summed E-state index contributed by atoms with van der Waals surface area (Å²) in [7, 11) is 0. The van der Waals surface area contributed by atoms with Crippen molar-refractivity contribution in [3.63, 3.8) is 0 Å². The molecule has 0 unspecified atom stereocenters. The van der Waals surface area contributed by atoms with Crippen molar-refractivity contribution in [2.75, 3.05) is 6.61 Å². The van der Waals surface area contributed by atoms with Gasteiger partial charge < -0.3 is 5.11 Å². The van der Waals surface area contributed by atoms with E-state index < -0.39 is 0 Å². The van der Waals surface area contributed by atoms with Crippen LogP contribution >= 0.6 is 0 Å². The molecule has 1 rings (SSSR count). The van der Waals surface area contributed by atoms with E-state index >= 15 is 0 Å². The SMILES string of the molecule is CCCCCCc1cccc[n+]1CCCCCCO. The molecule has 1 heterocycles. The van der Waals surface area contributed by atoms with E-state index in [2.05, 4.69) is 35.9 Å². The molecule has 0 aliphatic heterocycles. The molecule has 2 heteroatoms. The summed E-state index contributed by atoms with van der Waals surface area (Å²) in [5.74, 6) is 0. The zero-order valence-electron chi connectivity index (χ0n) is 12.5. The van der Waals surface area contributed by atoms with E-state index in [1.165, 1.54) is 50.6 Å². The Morgan fingerprint density at radius 2 is 1.74 bits per heavy atom. The summed E-state index contributed by atoms with van der Waals surface area (Å²) in [5.41, 5.74) is 1.47. The molecule has 108 valence electrons. The van der Waals surface area contributed by atoms with Crippen molar-refractivity contribution in [2.24, 2.45) is 0 Å². The molecule has 1 N–H and O–H groups in total. The number of hydrogen-bond acceptors (Lipinski definition) is 1. The highest BCUT2D eigenvalue weighted by Gasteiger charge is 2.08. The Hall–Kier alpha value is -0.890. The second-order valence-electron chi connectivity index (χ2n) is 5.33. The lowest BCUT2D eigenvalue weighted by Gasteiger charge is -2.04.